The quantitative estimate of drug-likeness (QED) is 0.0424. The van der Waals surface area contributed by atoms with Crippen molar-refractivity contribution >= 4 is 5.91 Å². The molecule has 0 radical (unpaired) electrons. The van der Waals surface area contributed by atoms with Gasteiger partial charge in [0.05, 0.1) is 18.8 Å². The maximum absolute atomic E-state index is 12.4. The van der Waals surface area contributed by atoms with E-state index in [4.69, 9.17) is 0 Å². The lowest BCUT2D eigenvalue weighted by Crippen LogP contribution is -2.45. The summed E-state index contributed by atoms with van der Waals surface area (Å²) in [6.07, 6.45) is 69.2. The molecule has 2 atom stereocenters. The first-order valence-corrected chi connectivity index (χ1v) is 25.5. The molecule has 0 aromatic heterocycles. The van der Waals surface area contributed by atoms with Crippen LogP contribution in [0.1, 0.15) is 258 Å². The normalized spacial score (nSPS) is 13.4. The van der Waals surface area contributed by atoms with E-state index in [2.05, 4.69) is 79.9 Å². The van der Waals surface area contributed by atoms with E-state index in [0.717, 1.165) is 57.8 Å². The second-order valence-electron chi connectivity index (χ2n) is 17.2. The monoisotopic (exact) mass is 810 g/mol. The number of allylic oxidation sites excluding steroid dienone is 10. The second kappa shape index (κ2) is 49.5. The van der Waals surface area contributed by atoms with Crippen molar-refractivity contribution in [3.63, 3.8) is 0 Å². The number of hydrogen-bond acceptors (Lipinski definition) is 3. The van der Waals surface area contributed by atoms with Crippen LogP contribution in [0.2, 0.25) is 0 Å². The lowest BCUT2D eigenvalue weighted by Gasteiger charge is -2.22. The highest BCUT2D eigenvalue weighted by atomic mass is 16.3. The summed E-state index contributed by atoms with van der Waals surface area (Å²) in [7, 11) is 0. The van der Waals surface area contributed by atoms with E-state index in [-0.39, 0.29) is 12.5 Å². The minimum absolute atomic E-state index is 0.0317. The van der Waals surface area contributed by atoms with Crippen molar-refractivity contribution in [1.29, 1.82) is 0 Å². The third-order valence-electron chi connectivity index (χ3n) is 11.5. The van der Waals surface area contributed by atoms with Crippen molar-refractivity contribution in [2.45, 2.75) is 270 Å². The van der Waals surface area contributed by atoms with Crippen LogP contribution in [0.5, 0.6) is 0 Å². The van der Waals surface area contributed by atoms with Crippen LogP contribution >= 0.6 is 0 Å². The molecule has 4 nitrogen and oxygen atoms in total. The Morgan fingerprint density at radius 1 is 0.431 bits per heavy atom. The molecule has 0 saturated heterocycles. The van der Waals surface area contributed by atoms with Crippen LogP contribution in [0.3, 0.4) is 0 Å². The van der Waals surface area contributed by atoms with Crippen LogP contribution in [0.25, 0.3) is 0 Å². The molecule has 0 aromatic rings. The number of carbonyl (C=O) groups excluding carboxylic acids is 1. The number of nitrogens with one attached hydrogen (secondary N) is 1. The number of unbranched alkanes of at least 4 members (excludes halogenated alkanes) is 29. The van der Waals surface area contributed by atoms with E-state index in [1.165, 1.54) is 173 Å². The number of amides is 1. The van der Waals surface area contributed by atoms with E-state index in [9.17, 15) is 15.0 Å². The van der Waals surface area contributed by atoms with Gasteiger partial charge >= 0.3 is 0 Å². The van der Waals surface area contributed by atoms with Crippen molar-refractivity contribution in [2.24, 2.45) is 0 Å². The molecule has 0 aromatic carbocycles. The zero-order valence-corrected chi connectivity index (χ0v) is 38.8. The molecule has 3 N–H and O–H groups in total. The van der Waals surface area contributed by atoms with Crippen LogP contribution < -0.4 is 5.32 Å². The van der Waals surface area contributed by atoms with Crippen molar-refractivity contribution in [1.82, 2.24) is 5.32 Å². The predicted octanol–water partition coefficient (Wildman–Crippen LogP) is 16.5. The molecule has 0 bridgehead atoms. The maximum atomic E-state index is 12.4. The summed E-state index contributed by atoms with van der Waals surface area (Å²) in [4.78, 5) is 12.4. The van der Waals surface area contributed by atoms with Gasteiger partial charge < -0.3 is 15.5 Å². The van der Waals surface area contributed by atoms with Gasteiger partial charge in [0.2, 0.25) is 5.91 Å². The van der Waals surface area contributed by atoms with E-state index < -0.39 is 12.1 Å². The van der Waals surface area contributed by atoms with Crippen molar-refractivity contribution in [3.05, 3.63) is 60.8 Å². The predicted molar refractivity (Wildman–Crippen MR) is 258 cm³/mol. The Kier molecular flexibility index (Phi) is 47.8. The van der Waals surface area contributed by atoms with E-state index in [1.54, 1.807) is 0 Å². The second-order valence-corrected chi connectivity index (χ2v) is 17.2. The molecule has 0 aliphatic carbocycles. The summed E-state index contributed by atoms with van der Waals surface area (Å²) >= 11 is 0. The molecule has 2 unspecified atom stereocenters. The Labute approximate surface area is 362 Å². The average molecular weight is 810 g/mol. The van der Waals surface area contributed by atoms with Gasteiger partial charge in [0, 0.05) is 6.42 Å². The van der Waals surface area contributed by atoms with Gasteiger partial charge in [-0.1, -0.05) is 254 Å². The van der Waals surface area contributed by atoms with Crippen LogP contribution in [0.15, 0.2) is 60.8 Å². The smallest absolute Gasteiger partial charge is 0.220 e. The number of aliphatic hydroxyl groups is 2. The van der Waals surface area contributed by atoms with E-state index >= 15 is 0 Å². The fourth-order valence-electron chi connectivity index (χ4n) is 7.68. The van der Waals surface area contributed by atoms with Gasteiger partial charge in [0.15, 0.2) is 0 Å². The van der Waals surface area contributed by atoms with Crippen LogP contribution in [0, 0.1) is 0 Å². The number of rotatable bonds is 46. The molecule has 0 saturated carbocycles. The Hall–Kier alpha value is -1.91. The largest absolute Gasteiger partial charge is 0.394 e. The number of aliphatic hydroxyl groups excluding tert-OH is 2. The molecule has 0 aliphatic heterocycles. The van der Waals surface area contributed by atoms with Gasteiger partial charge in [-0.2, -0.15) is 0 Å². The Morgan fingerprint density at radius 3 is 1.14 bits per heavy atom. The molecule has 0 heterocycles. The molecular weight excluding hydrogens is 711 g/mol. The summed E-state index contributed by atoms with van der Waals surface area (Å²) in [6.45, 7) is 4.23. The Balaban J connectivity index is 3.39. The molecule has 1 amide bonds. The maximum Gasteiger partial charge on any atom is 0.220 e. The van der Waals surface area contributed by atoms with Gasteiger partial charge in [0.25, 0.3) is 0 Å². The van der Waals surface area contributed by atoms with Crippen LogP contribution in [-0.4, -0.2) is 34.9 Å². The first kappa shape index (κ1) is 56.1. The summed E-state index contributed by atoms with van der Waals surface area (Å²) in [5.41, 5.74) is 0. The molecule has 58 heavy (non-hydrogen) atoms. The Bertz CT molecular complexity index is 965. The zero-order valence-electron chi connectivity index (χ0n) is 38.8. The fraction of sp³-hybridized carbons (Fsp3) is 0.796. The number of hydrogen-bond donors (Lipinski definition) is 3. The average Bonchev–Trinajstić information content (AvgIpc) is 3.23. The standard InChI is InChI=1S/C54H99NO3/c1-3-5-7-9-11-13-14-15-16-17-18-19-20-21-22-23-24-25-26-27-28-29-30-31-32-33-34-35-36-37-38-39-40-42-44-46-48-50-54(58)55-52(51-56)53(57)49-47-45-43-41-12-10-8-6-4-2/h5,7,11,13,15-16,18-19,21-22,52-53,56-57H,3-4,6,8-10,12,14,17,20,23-51H2,1-2H3,(H,55,58)/b7-5-,13-11-,16-15-,19-18-,22-21-. The topological polar surface area (TPSA) is 69.6 Å². The van der Waals surface area contributed by atoms with E-state index in [1.807, 2.05) is 0 Å². The highest BCUT2D eigenvalue weighted by molar-refractivity contribution is 5.76. The third-order valence-corrected chi connectivity index (χ3v) is 11.5. The molecule has 0 fully saturated rings. The molecule has 0 aliphatic rings. The summed E-state index contributed by atoms with van der Waals surface area (Å²) in [5, 5.41) is 23.1. The van der Waals surface area contributed by atoms with Crippen molar-refractivity contribution in [3.8, 4) is 0 Å². The molecular formula is C54H99NO3. The minimum atomic E-state index is -0.656. The summed E-state index contributed by atoms with van der Waals surface area (Å²) in [5.74, 6) is -0.0317. The van der Waals surface area contributed by atoms with E-state index in [0.29, 0.717) is 12.8 Å². The molecule has 0 rings (SSSR count). The van der Waals surface area contributed by atoms with Gasteiger partial charge in [-0.05, 0) is 57.8 Å². The highest BCUT2D eigenvalue weighted by Gasteiger charge is 2.20. The number of carbonyl (C=O) groups is 1. The zero-order chi connectivity index (χ0) is 42.1. The third kappa shape index (κ3) is 45.2. The molecule has 338 valence electrons. The van der Waals surface area contributed by atoms with Crippen molar-refractivity contribution in [2.75, 3.05) is 6.61 Å². The SMILES string of the molecule is CC/C=C\C/C=C\C/C=C\C/C=C\C/C=C\CCCCCCCCCCCCCCCCCCCCCCCC(=O)NC(CO)C(O)CCCCCCCCCCC. The van der Waals surface area contributed by atoms with Gasteiger partial charge in [-0.15, -0.1) is 0 Å². The first-order valence-electron chi connectivity index (χ1n) is 25.5. The lowest BCUT2D eigenvalue weighted by atomic mass is 10.0. The Morgan fingerprint density at radius 2 is 0.759 bits per heavy atom. The van der Waals surface area contributed by atoms with Crippen LogP contribution in [-0.2, 0) is 4.79 Å². The minimum Gasteiger partial charge on any atom is -0.394 e. The summed E-state index contributed by atoms with van der Waals surface area (Å²) in [6, 6.07) is -0.533. The molecule has 4 heteroatoms. The van der Waals surface area contributed by atoms with Gasteiger partial charge in [-0.3, -0.25) is 4.79 Å². The lowest BCUT2D eigenvalue weighted by molar-refractivity contribution is -0.123. The van der Waals surface area contributed by atoms with Crippen LogP contribution in [0.4, 0.5) is 0 Å². The summed E-state index contributed by atoms with van der Waals surface area (Å²) < 4.78 is 0. The highest BCUT2D eigenvalue weighted by Crippen LogP contribution is 2.17. The first-order chi connectivity index (χ1) is 28.7. The fourth-order valence-corrected chi connectivity index (χ4v) is 7.68. The van der Waals surface area contributed by atoms with Gasteiger partial charge in [0.1, 0.15) is 0 Å². The molecule has 0 spiro atoms. The van der Waals surface area contributed by atoms with Crippen molar-refractivity contribution < 1.29 is 15.0 Å². The van der Waals surface area contributed by atoms with Gasteiger partial charge in [-0.25, -0.2) is 0 Å².